The zero-order chi connectivity index (χ0) is 34.1. The maximum absolute atomic E-state index is 5.06. The van der Waals surface area contributed by atoms with Gasteiger partial charge in [-0.2, -0.15) is 0 Å². The number of rotatable bonds is 7. The van der Waals surface area contributed by atoms with Crippen LogP contribution < -0.4 is 4.90 Å². The van der Waals surface area contributed by atoms with Crippen molar-refractivity contribution in [3.63, 3.8) is 0 Å². The Balaban J connectivity index is 1.18. The van der Waals surface area contributed by atoms with E-state index in [1.54, 1.807) is 11.3 Å². The summed E-state index contributed by atoms with van der Waals surface area (Å²) in [5.74, 6) is 0. The van der Waals surface area contributed by atoms with E-state index in [-0.39, 0.29) is 0 Å². The molecule has 0 aliphatic carbocycles. The summed E-state index contributed by atoms with van der Waals surface area (Å²) in [5, 5.41) is 3.50. The van der Waals surface area contributed by atoms with Crippen molar-refractivity contribution in [2.75, 3.05) is 4.90 Å². The minimum absolute atomic E-state index is 0.894. The smallest absolute Gasteiger partial charge is 0.124 e. The van der Waals surface area contributed by atoms with Crippen molar-refractivity contribution < 1.29 is 0 Å². The van der Waals surface area contributed by atoms with Crippen molar-refractivity contribution in [1.82, 2.24) is 4.98 Å². The van der Waals surface area contributed by atoms with Gasteiger partial charge in [-0.15, -0.1) is 24.0 Å². The van der Waals surface area contributed by atoms with Crippen LogP contribution in [0.1, 0.15) is 0 Å². The topological polar surface area (TPSA) is 16.1 Å². The highest BCUT2D eigenvalue weighted by molar-refractivity contribution is 7.80. The van der Waals surface area contributed by atoms with Crippen molar-refractivity contribution in [1.29, 1.82) is 0 Å². The van der Waals surface area contributed by atoms with E-state index in [0.717, 1.165) is 53.9 Å². The molecule has 1 aromatic heterocycles. The highest BCUT2D eigenvalue weighted by Crippen LogP contribution is 2.45. The quantitative estimate of drug-likeness (QED) is 0.168. The Hall–Kier alpha value is -5.94. The van der Waals surface area contributed by atoms with E-state index in [1.165, 1.54) is 33.0 Å². The Labute approximate surface area is 307 Å². The molecule has 1 heterocycles. The molecule has 0 aliphatic rings. The second-order valence-electron chi connectivity index (χ2n) is 12.6. The lowest BCUT2D eigenvalue weighted by atomic mass is 9.97. The fourth-order valence-electron chi connectivity index (χ4n) is 6.91. The fraction of sp³-hybridized carbons (Fsp3) is 0. The van der Waals surface area contributed by atoms with Gasteiger partial charge >= 0.3 is 0 Å². The van der Waals surface area contributed by atoms with Crippen molar-refractivity contribution in [2.45, 2.75) is 4.90 Å². The fourth-order valence-corrected chi connectivity index (χ4v) is 8.21. The summed E-state index contributed by atoms with van der Waals surface area (Å²) in [6.45, 7) is 0. The van der Waals surface area contributed by atoms with Crippen molar-refractivity contribution in [3.05, 3.63) is 188 Å². The van der Waals surface area contributed by atoms with Crippen LogP contribution in [0.4, 0.5) is 17.1 Å². The van der Waals surface area contributed by atoms with Gasteiger partial charge in [0.25, 0.3) is 0 Å². The van der Waals surface area contributed by atoms with Crippen LogP contribution >= 0.6 is 24.0 Å². The minimum atomic E-state index is 0.894. The molecule has 0 bridgehead atoms. The van der Waals surface area contributed by atoms with Crippen LogP contribution in [0, 0.1) is 0 Å². The normalized spacial score (nSPS) is 11.2. The van der Waals surface area contributed by atoms with Crippen LogP contribution in [0.25, 0.3) is 64.9 Å². The van der Waals surface area contributed by atoms with Gasteiger partial charge in [-0.05, 0) is 81.1 Å². The first-order valence-electron chi connectivity index (χ1n) is 17.0. The van der Waals surface area contributed by atoms with Gasteiger partial charge in [0.1, 0.15) is 5.01 Å². The summed E-state index contributed by atoms with van der Waals surface area (Å²) in [6, 6.07) is 66.8. The molecule has 0 N–H and O–H groups in total. The molecule has 0 amide bonds. The number of benzene rings is 8. The molecule has 242 valence electrons. The summed E-state index contributed by atoms with van der Waals surface area (Å²) in [6.07, 6.45) is 0. The zero-order valence-corrected chi connectivity index (χ0v) is 29.4. The van der Waals surface area contributed by atoms with Gasteiger partial charge < -0.3 is 4.90 Å². The molecular formula is C47H32N2S2. The van der Waals surface area contributed by atoms with Gasteiger partial charge in [-0.3, -0.25) is 0 Å². The molecular weight excluding hydrogens is 657 g/mol. The Kier molecular flexibility index (Phi) is 8.17. The SMILES string of the molecule is Sc1cc2nc(-c3ccccc3)sc2cc1-c1ccccc1N(c1ccc(-c2ccccc2)cc1)c1ccc(-c2cccc3ccccc23)cc1. The molecule has 0 unspecified atom stereocenters. The van der Waals surface area contributed by atoms with Gasteiger partial charge in [-0.1, -0.05) is 146 Å². The first kappa shape index (κ1) is 31.1. The van der Waals surface area contributed by atoms with Crippen molar-refractivity contribution >= 4 is 62.0 Å². The first-order chi connectivity index (χ1) is 25.2. The number of para-hydroxylation sites is 1. The van der Waals surface area contributed by atoms with Crippen LogP contribution in [0.5, 0.6) is 0 Å². The van der Waals surface area contributed by atoms with E-state index < -0.39 is 0 Å². The predicted molar refractivity (Wildman–Crippen MR) is 221 cm³/mol. The molecule has 0 fully saturated rings. The Morgan fingerprint density at radius 1 is 0.451 bits per heavy atom. The standard InChI is InChI=1S/C47H32N2S2/c50-45-31-43-46(51-47(48-43)36-15-5-2-6-16-36)30-42(45)41-19-9-10-21-44(41)49(37-26-22-33(23-27-37)32-12-3-1-4-13-32)38-28-24-35(25-29-38)40-20-11-17-34-14-7-8-18-39(34)40/h1-31,50H. The highest BCUT2D eigenvalue weighted by atomic mass is 32.1. The van der Waals surface area contributed by atoms with Gasteiger partial charge in [0.15, 0.2) is 0 Å². The molecule has 0 saturated carbocycles. The molecule has 9 aromatic rings. The van der Waals surface area contributed by atoms with Crippen molar-refractivity contribution in [3.8, 4) is 44.0 Å². The molecule has 0 atom stereocenters. The predicted octanol–water partition coefficient (Wildman–Crippen LogP) is 13.9. The third-order valence-electron chi connectivity index (χ3n) is 9.42. The van der Waals surface area contributed by atoms with Crippen LogP contribution in [0.3, 0.4) is 0 Å². The molecule has 0 saturated heterocycles. The minimum Gasteiger partial charge on any atom is -0.310 e. The van der Waals surface area contributed by atoms with Crippen LogP contribution in [0.2, 0.25) is 0 Å². The lowest BCUT2D eigenvalue weighted by molar-refractivity contribution is 1.28. The van der Waals surface area contributed by atoms with Gasteiger partial charge in [0, 0.05) is 27.4 Å². The Bertz CT molecular complexity index is 2620. The summed E-state index contributed by atoms with van der Waals surface area (Å²) in [4.78, 5) is 8.23. The molecule has 51 heavy (non-hydrogen) atoms. The molecule has 0 spiro atoms. The second kappa shape index (κ2) is 13.4. The van der Waals surface area contributed by atoms with Gasteiger partial charge in [0.05, 0.1) is 15.9 Å². The van der Waals surface area contributed by atoms with E-state index >= 15 is 0 Å². The highest BCUT2D eigenvalue weighted by Gasteiger charge is 2.20. The van der Waals surface area contributed by atoms with Crippen LogP contribution in [-0.4, -0.2) is 4.98 Å². The number of nitrogens with zero attached hydrogens (tertiary/aromatic N) is 2. The number of thiazole rings is 1. The van der Waals surface area contributed by atoms with E-state index in [0.29, 0.717) is 0 Å². The molecule has 0 radical (unpaired) electrons. The number of hydrogen-bond donors (Lipinski definition) is 1. The monoisotopic (exact) mass is 688 g/mol. The summed E-state index contributed by atoms with van der Waals surface area (Å²) < 4.78 is 1.13. The second-order valence-corrected chi connectivity index (χ2v) is 14.1. The number of thiol groups is 1. The maximum atomic E-state index is 5.06. The zero-order valence-electron chi connectivity index (χ0n) is 27.6. The molecule has 2 nitrogen and oxygen atoms in total. The molecule has 0 aliphatic heterocycles. The number of anilines is 3. The summed E-state index contributed by atoms with van der Waals surface area (Å²) >= 11 is 6.77. The third kappa shape index (κ3) is 5.99. The molecule has 4 heteroatoms. The maximum Gasteiger partial charge on any atom is 0.124 e. The molecule has 8 aromatic carbocycles. The molecule has 9 rings (SSSR count). The number of fused-ring (bicyclic) bond motifs is 2. The summed E-state index contributed by atoms with van der Waals surface area (Å²) in [5.41, 5.74) is 12.3. The van der Waals surface area contributed by atoms with Crippen LogP contribution in [-0.2, 0) is 0 Å². The first-order valence-corrected chi connectivity index (χ1v) is 18.3. The van der Waals surface area contributed by atoms with E-state index in [4.69, 9.17) is 17.6 Å². The Morgan fingerprint density at radius 2 is 1.02 bits per heavy atom. The van der Waals surface area contributed by atoms with E-state index in [1.807, 2.05) is 6.07 Å². The lowest BCUT2D eigenvalue weighted by Gasteiger charge is -2.28. The van der Waals surface area contributed by atoms with E-state index in [2.05, 4.69) is 187 Å². The lowest BCUT2D eigenvalue weighted by Crippen LogP contribution is -2.11. The van der Waals surface area contributed by atoms with Gasteiger partial charge in [0.2, 0.25) is 0 Å². The van der Waals surface area contributed by atoms with Gasteiger partial charge in [-0.25, -0.2) is 4.98 Å². The average molecular weight is 689 g/mol. The number of hydrogen-bond acceptors (Lipinski definition) is 4. The number of aromatic nitrogens is 1. The third-order valence-corrected chi connectivity index (χ3v) is 10.9. The Morgan fingerprint density at radius 3 is 1.76 bits per heavy atom. The van der Waals surface area contributed by atoms with Crippen LogP contribution in [0.15, 0.2) is 193 Å². The van der Waals surface area contributed by atoms with E-state index in [9.17, 15) is 0 Å². The summed E-state index contributed by atoms with van der Waals surface area (Å²) in [7, 11) is 0. The average Bonchev–Trinajstić information content (AvgIpc) is 3.62. The largest absolute Gasteiger partial charge is 0.310 e. The van der Waals surface area contributed by atoms with Crippen molar-refractivity contribution in [2.24, 2.45) is 0 Å².